The molecule has 2 N–H and O–H groups in total. The molecule has 0 aromatic heterocycles. The monoisotopic (exact) mass is 447 g/mol. The molecule has 0 unspecified atom stereocenters. The Balaban J connectivity index is 1.47. The van der Waals surface area contributed by atoms with Gasteiger partial charge in [0, 0.05) is 5.56 Å². The van der Waals surface area contributed by atoms with Crippen molar-refractivity contribution in [2.24, 2.45) is 0 Å². The first-order valence-electron chi connectivity index (χ1n) is 11.5. The average molecular weight is 448 g/mol. The average Bonchev–Trinajstić information content (AvgIpc) is 2.83. The Labute approximate surface area is 195 Å². The number of carbonyl (C=O) groups excluding carboxylic acids is 1. The predicted octanol–water partition coefficient (Wildman–Crippen LogP) is 5.48. The molecule has 3 aromatic carbocycles. The first-order chi connectivity index (χ1) is 15.6. The zero-order chi connectivity index (χ0) is 23.9. The number of benzene rings is 3. The molecule has 0 bridgehead atoms. The molecule has 4 rings (SSSR count). The van der Waals surface area contributed by atoms with Crippen LogP contribution in [0.1, 0.15) is 54.0 Å². The zero-order valence-electron chi connectivity index (χ0n) is 20.3. The Bertz CT molecular complexity index is 1230. The van der Waals surface area contributed by atoms with Gasteiger partial charge in [-0.25, -0.2) is 0 Å². The Morgan fingerprint density at radius 3 is 2.55 bits per heavy atom. The zero-order valence-corrected chi connectivity index (χ0v) is 20.3. The molecule has 0 radical (unpaired) electrons. The SMILES string of the molecule is COc1ccc2cc([C@H](C)C(=O)NC[C@]3(C)CCc4c(C)c(O)c(C)c(C)c4O3)ccc2c1. The van der Waals surface area contributed by atoms with Crippen molar-refractivity contribution in [2.45, 2.75) is 59.0 Å². The van der Waals surface area contributed by atoms with Gasteiger partial charge in [-0.3, -0.25) is 4.79 Å². The lowest BCUT2D eigenvalue weighted by Crippen LogP contribution is -2.48. The molecule has 174 valence electrons. The van der Waals surface area contributed by atoms with Crippen molar-refractivity contribution >= 4 is 16.7 Å². The van der Waals surface area contributed by atoms with E-state index < -0.39 is 5.60 Å². The highest BCUT2D eigenvalue weighted by atomic mass is 16.5. The summed E-state index contributed by atoms with van der Waals surface area (Å²) in [6, 6.07) is 12.0. The molecule has 0 aliphatic carbocycles. The van der Waals surface area contributed by atoms with Crippen molar-refractivity contribution in [3.8, 4) is 17.2 Å². The van der Waals surface area contributed by atoms with Gasteiger partial charge in [0.05, 0.1) is 19.6 Å². The van der Waals surface area contributed by atoms with E-state index in [0.717, 1.165) is 62.9 Å². The van der Waals surface area contributed by atoms with Gasteiger partial charge in [-0.2, -0.15) is 0 Å². The summed E-state index contributed by atoms with van der Waals surface area (Å²) in [7, 11) is 1.66. The van der Waals surface area contributed by atoms with Gasteiger partial charge in [-0.05, 0) is 92.6 Å². The van der Waals surface area contributed by atoms with Gasteiger partial charge in [0.1, 0.15) is 22.8 Å². The highest BCUT2D eigenvalue weighted by Gasteiger charge is 2.35. The van der Waals surface area contributed by atoms with E-state index in [1.54, 1.807) is 7.11 Å². The highest BCUT2D eigenvalue weighted by molar-refractivity contribution is 5.88. The van der Waals surface area contributed by atoms with E-state index in [-0.39, 0.29) is 11.8 Å². The highest BCUT2D eigenvalue weighted by Crippen LogP contribution is 2.43. The molecule has 1 heterocycles. The maximum Gasteiger partial charge on any atom is 0.227 e. The maximum absolute atomic E-state index is 13.0. The second-order valence-corrected chi connectivity index (χ2v) is 9.50. The van der Waals surface area contributed by atoms with Gasteiger partial charge in [0.15, 0.2) is 0 Å². The Morgan fingerprint density at radius 2 is 1.82 bits per heavy atom. The summed E-state index contributed by atoms with van der Waals surface area (Å²) in [4.78, 5) is 13.0. The van der Waals surface area contributed by atoms with Crippen LogP contribution in [0.2, 0.25) is 0 Å². The van der Waals surface area contributed by atoms with Crippen LogP contribution in [-0.2, 0) is 11.2 Å². The maximum atomic E-state index is 13.0. The smallest absolute Gasteiger partial charge is 0.227 e. The molecule has 33 heavy (non-hydrogen) atoms. The molecular weight excluding hydrogens is 414 g/mol. The lowest BCUT2D eigenvalue weighted by atomic mass is 9.87. The molecule has 5 heteroatoms. The second kappa shape index (κ2) is 8.62. The number of phenols is 1. The normalized spacial score (nSPS) is 18.4. The van der Waals surface area contributed by atoms with Crippen LogP contribution in [0.4, 0.5) is 0 Å². The lowest BCUT2D eigenvalue weighted by Gasteiger charge is -2.38. The van der Waals surface area contributed by atoms with Crippen LogP contribution in [0.15, 0.2) is 36.4 Å². The van der Waals surface area contributed by atoms with Crippen LogP contribution in [0.3, 0.4) is 0 Å². The first kappa shape index (κ1) is 23.0. The third-order valence-corrected chi connectivity index (χ3v) is 7.19. The number of hydrogen-bond acceptors (Lipinski definition) is 4. The van der Waals surface area contributed by atoms with E-state index in [4.69, 9.17) is 9.47 Å². The van der Waals surface area contributed by atoms with E-state index in [1.807, 2.05) is 65.0 Å². The number of hydrogen-bond donors (Lipinski definition) is 2. The third kappa shape index (κ3) is 4.24. The molecule has 5 nitrogen and oxygen atoms in total. The molecule has 1 aliphatic rings. The molecule has 1 aliphatic heterocycles. The van der Waals surface area contributed by atoms with Crippen LogP contribution < -0.4 is 14.8 Å². The fraction of sp³-hybridized carbons (Fsp3) is 0.393. The van der Waals surface area contributed by atoms with Gasteiger partial charge in [0.25, 0.3) is 0 Å². The van der Waals surface area contributed by atoms with E-state index in [2.05, 4.69) is 11.4 Å². The van der Waals surface area contributed by atoms with Gasteiger partial charge in [-0.15, -0.1) is 0 Å². The summed E-state index contributed by atoms with van der Waals surface area (Å²) >= 11 is 0. The quantitative estimate of drug-likeness (QED) is 0.543. The Hall–Kier alpha value is -3.21. The Kier molecular flexibility index (Phi) is 6.00. The van der Waals surface area contributed by atoms with Gasteiger partial charge >= 0.3 is 0 Å². The van der Waals surface area contributed by atoms with E-state index in [0.29, 0.717) is 12.3 Å². The number of methoxy groups -OCH3 is 1. The van der Waals surface area contributed by atoms with Crippen molar-refractivity contribution in [3.05, 3.63) is 64.2 Å². The molecule has 0 saturated carbocycles. The van der Waals surface area contributed by atoms with Crippen molar-refractivity contribution in [1.29, 1.82) is 0 Å². The van der Waals surface area contributed by atoms with E-state index in [9.17, 15) is 9.90 Å². The van der Waals surface area contributed by atoms with Crippen molar-refractivity contribution in [2.75, 3.05) is 13.7 Å². The number of rotatable bonds is 5. The molecular formula is C28H33NO4. The first-order valence-corrected chi connectivity index (χ1v) is 11.5. The minimum Gasteiger partial charge on any atom is -0.507 e. The predicted molar refractivity (Wildman–Crippen MR) is 132 cm³/mol. The van der Waals surface area contributed by atoms with E-state index >= 15 is 0 Å². The number of phenolic OH excluding ortho intramolecular Hbond substituents is 1. The number of fused-ring (bicyclic) bond motifs is 2. The van der Waals surface area contributed by atoms with Crippen molar-refractivity contribution in [1.82, 2.24) is 5.32 Å². The van der Waals surface area contributed by atoms with Gasteiger partial charge < -0.3 is 19.9 Å². The van der Waals surface area contributed by atoms with E-state index in [1.165, 1.54) is 0 Å². The third-order valence-electron chi connectivity index (χ3n) is 7.19. The van der Waals surface area contributed by atoms with Crippen molar-refractivity contribution < 1.29 is 19.4 Å². The molecule has 0 saturated heterocycles. The molecule has 1 amide bonds. The van der Waals surface area contributed by atoms with Crippen LogP contribution >= 0.6 is 0 Å². The van der Waals surface area contributed by atoms with Gasteiger partial charge in [-0.1, -0.05) is 24.3 Å². The van der Waals surface area contributed by atoms with Crippen molar-refractivity contribution in [3.63, 3.8) is 0 Å². The minimum atomic E-state index is -0.497. The van der Waals surface area contributed by atoms with Gasteiger partial charge in [0.2, 0.25) is 5.91 Å². The van der Waals surface area contributed by atoms with Crippen LogP contribution in [0.25, 0.3) is 10.8 Å². The Morgan fingerprint density at radius 1 is 1.12 bits per heavy atom. The minimum absolute atomic E-state index is 0.0201. The summed E-state index contributed by atoms with van der Waals surface area (Å²) in [5.41, 5.74) is 4.25. The summed E-state index contributed by atoms with van der Waals surface area (Å²) in [6.07, 6.45) is 1.58. The topological polar surface area (TPSA) is 67.8 Å². The van der Waals surface area contributed by atoms with Crippen LogP contribution in [-0.4, -0.2) is 30.3 Å². The number of amides is 1. The summed E-state index contributed by atoms with van der Waals surface area (Å²) < 4.78 is 11.7. The van der Waals surface area contributed by atoms with Crippen LogP contribution in [0.5, 0.6) is 17.2 Å². The molecule has 0 fully saturated rings. The molecule has 3 aromatic rings. The number of aromatic hydroxyl groups is 1. The summed E-state index contributed by atoms with van der Waals surface area (Å²) in [6.45, 7) is 10.2. The fourth-order valence-corrected chi connectivity index (χ4v) is 4.64. The molecule has 0 spiro atoms. The lowest BCUT2D eigenvalue weighted by molar-refractivity contribution is -0.123. The molecule has 2 atom stereocenters. The number of ether oxygens (including phenoxy) is 2. The number of carbonyl (C=O) groups is 1. The van der Waals surface area contributed by atoms with Crippen LogP contribution in [0, 0.1) is 20.8 Å². The number of nitrogens with one attached hydrogen (secondary N) is 1. The fourth-order valence-electron chi connectivity index (χ4n) is 4.64. The largest absolute Gasteiger partial charge is 0.507 e. The second-order valence-electron chi connectivity index (χ2n) is 9.50. The summed E-state index contributed by atoms with van der Waals surface area (Å²) in [5, 5.41) is 15.7. The standard InChI is InChI=1S/C28H33NO4/c1-16-17(2)26-24(19(4)25(16)30)11-12-28(5,33-26)15-29-27(31)18(3)20-7-8-22-14-23(32-6)10-9-21(22)13-20/h7-10,13-14,18,30H,11-12,15H2,1-6H3,(H,29,31)/t18-,28-/m0/s1. The summed E-state index contributed by atoms with van der Waals surface area (Å²) in [5.74, 6) is 1.73.